The molecule has 0 aliphatic carbocycles. The summed E-state index contributed by atoms with van der Waals surface area (Å²) in [6.45, 7) is 0.422. The van der Waals surface area contributed by atoms with Gasteiger partial charge in [-0.2, -0.15) is 0 Å². The zero-order chi connectivity index (χ0) is 14.7. The molecule has 0 aromatic carbocycles. The lowest BCUT2D eigenvalue weighted by Gasteiger charge is -2.34. The highest BCUT2D eigenvalue weighted by Crippen LogP contribution is 2.21. The molecule has 0 radical (unpaired) electrons. The number of nitrogens with zero attached hydrogens (tertiary/aromatic N) is 1. The minimum absolute atomic E-state index is 0.115. The molecule has 0 bridgehead atoms. The molecule has 1 saturated heterocycles. The minimum atomic E-state index is -0.978. The third-order valence-corrected chi connectivity index (χ3v) is 3.29. The molecule has 20 heavy (non-hydrogen) atoms. The highest BCUT2D eigenvalue weighted by Gasteiger charge is 2.29. The maximum absolute atomic E-state index is 12.3. The third kappa shape index (κ3) is 3.14. The molecule has 1 aromatic rings. The molecule has 2 rings (SSSR count). The van der Waals surface area contributed by atoms with Gasteiger partial charge in [0.1, 0.15) is 5.69 Å². The van der Waals surface area contributed by atoms with Crippen molar-refractivity contribution >= 4 is 11.9 Å². The van der Waals surface area contributed by atoms with Crippen molar-refractivity contribution in [2.75, 3.05) is 6.54 Å². The first-order valence-electron chi connectivity index (χ1n) is 6.34. The van der Waals surface area contributed by atoms with Gasteiger partial charge in [-0.15, -0.1) is 0 Å². The summed E-state index contributed by atoms with van der Waals surface area (Å²) in [5, 5.41) is 8.87. The number of carboxylic acids is 1. The second kappa shape index (κ2) is 5.72. The maximum atomic E-state index is 12.3. The van der Waals surface area contributed by atoms with E-state index in [4.69, 9.17) is 5.11 Å². The smallest absolute Gasteiger partial charge is 0.326 e. The van der Waals surface area contributed by atoms with E-state index in [0.29, 0.717) is 13.0 Å². The number of aliphatic carboxylic acids is 1. The summed E-state index contributed by atoms with van der Waals surface area (Å²) in [6, 6.07) is 0.604. The predicted octanol–water partition coefficient (Wildman–Crippen LogP) is -0.467. The average Bonchev–Trinajstić information content (AvgIpc) is 2.36. The van der Waals surface area contributed by atoms with Gasteiger partial charge in [0, 0.05) is 18.7 Å². The molecule has 0 unspecified atom stereocenters. The van der Waals surface area contributed by atoms with E-state index in [2.05, 4.69) is 4.98 Å². The molecule has 1 aromatic heterocycles. The highest BCUT2D eigenvalue weighted by molar-refractivity contribution is 5.92. The van der Waals surface area contributed by atoms with Gasteiger partial charge in [-0.05, 0) is 19.3 Å². The van der Waals surface area contributed by atoms with Gasteiger partial charge >= 0.3 is 11.7 Å². The molecule has 1 fully saturated rings. The van der Waals surface area contributed by atoms with Gasteiger partial charge in [0.05, 0.1) is 6.42 Å². The van der Waals surface area contributed by atoms with Crippen LogP contribution in [0.2, 0.25) is 0 Å². The van der Waals surface area contributed by atoms with Gasteiger partial charge in [-0.3, -0.25) is 19.4 Å². The third-order valence-electron chi connectivity index (χ3n) is 3.29. The minimum Gasteiger partial charge on any atom is -0.481 e. The number of H-pyrrole nitrogens is 2. The average molecular weight is 281 g/mol. The zero-order valence-corrected chi connectivity index (χ0v) is 10.7. The van der Waals surface area contributed by atoms with Crippen molar-refractivity contribution in [1.82, 2.24) is 14.9 Å². The lowest BCUT2D eigenvalue weighted by Crippen LogP contribution is -2.45. The van der Waals surface area contributed by atoms with Gasteiger partial charge in [-0.25, -0.2) is 4.79 Å². The van der Waals surface area contributed by atoms with Crippen molar-refractivity contribution in [2.45, 2.75) is 31.7 Å². The van der Waals surface area contributed by atoms with Crippen molar-refractivity contribution in [2.24, 2.45) is 0 Å². The number of aromatic amines is 2. The monoisotopic (exact) mass is 281 g/mol. The number of hydrogen-bond donors (Lipinski definition) is 3. The Morgan fingerprint density at radius 1 is 1.30 bits per heavy atom. The number of nitrogens with one attached hydrogen (secondary N) is 2. The Morgan fingerprint density at radius 3 is 2.70 bits per heavy atom. The van der Waals surface area contributed by atoms with Gasteiger partial charge < -0.3 is 15.0 Å². The molecule has 8 heteroatoms. The van der Waals surface area contributed by atoms with Crippen LogP contribution >= 0.6 is 0 Å². The summed E-state index contributed by atoms with van der Waals surface area (Å²) < 4.78 is 0. The summed E-state index contributed by atoms with van der Waals surface area (Å²) >= 11 is 0. The first-order chi connectivity index (χ1) is 9.47. The van der Waals surface area contributed by atoms with E-state index in [9.17, 15) is 19.2 Å². The number of amides is 1. The fourth-order valence-electron chi connectivity index (χ4n) is 2.42. The number of rotatable bonds is 3. The topological polar surface area (TPSA) is 123 Å². The summed E-state index contributed by atoms with van der Waals surface area (Å²) in [4.78, 5) is 51.2. The van der Waals surface area contributed by atoms with Crippen LogP contribution < -0.4 is 11.2 Å². The van der Waals surface area contributed by atoms with Crippen LogP contribution in [0.5, 0.6) is 0 Å². The molecule has 1 aliphatic heterocycles. The van der Waals surface area contributed by atoms with E-state index in [1.165, 1.54) is 4.90 Å². The summed E-state index contributed by atoms with van der Waals surface area (Å²) in [7, 11) is 0. The maximum Gasteiger partial charge on any atom is 0.326 e. The number of carbonyl (C=O) groups excluding carboxylic acids is 1. The molecule has 8 nitrogen and oxygen atoms in total. The fourth-order valence-corrected chi connectivity index (χ4v) is 2.42. The number of piperidine rings is 1. The molecule has 0 saturated carbocycles. The first-order valence-corrected chi connectivity index (χ1v) is 6.34. The Morgan fingerprint density at radius 2 is 2.05 bits per heavy atom. The largest absolute Gasteiger partial charge is 0.481 e. The molecule has 3 N–H and O–H groups in total. The molecule has 108 valence electrons. The van der Waals surface area contributed by atoms with Crippen LogP contribution in [-0.4, -0.2) is 44.4 Å². The Bertz CT molecular complexity index is 604. The van der Waals surface area contributed by atoms with E-state index < -0.39 is 29.2 Å². The Kier molecular flexibility index (Phi) is 4.02. The van der Waals surface area contributed by atoms with Crippen molar-refractivity contribution in [3.63, 3.8) is 0 Å². The van der Waals surface area contributed by atoms with Crippen molar-refractivity contribution in [3.8, 4) is 0 Å². The number of likely N-dealkylation sites (tertiary alicyclic amines) is 1. The van der Waals surface area contributed by atoms with Crippen molar-refractivity contribution in [3.05, 3.63) is 32.6 Å². The molecule has 0 spiro atoms. The van der Waals surface area contributed by atoms with Crippen LogP contribution in [0, 0.1) is 0 Å². The van der Waals surface area contributed by atoms with Crippen LogP contribution in [-0.2, 0) is 4.79 Å². The van der Waals surface area contributed by atoms with Gasteiger partial charge in [-0.1, -0.05) is 0 Å². The van der Waals surface area contributed by atoms with Crippen LogP contribution in [0.4, 0.5) is 0 Å². The molecular weight excluding hydrogens is 266 g/mol. The number of hydrogen-bond acceptors (Lipinski definition) is 4. The van der Waals surface area contributed by atoms with E-state index in [0.717, 1.165) is 18.9 Å². The van der Waals surface area contributed by atoms with E-state index in [-0.39, 0.29) is 12.1 Å². The normalized spacial score (nSPS) is 18.8. The quantitative estimate of drug-likeness (QED) is 0.691. The molecule has 1 aliphatic rings. The van der Waals surface area contributed by atoms with Gasteiger partial charge in [0.25, 0.3) is 11.5 Å². The van der Waals surface area contributed by atoms with Gasteiger partial charge in [0.2, 0.25) is 0 Å². The summed E-state index contributed by atoms with van der Waals surface area (Å²) in [5.41, 5.74) is -1.53. The lowest BCUT2D eigenvalue weighted by molar-refractivity contribution is -0.138. The molecular formula is C12H15N3O5. The van der Waals surface area contributed by atoms with Crippen LogP contribution in [0.15, 0.2) is 15.7 Å². The highest BCUT2D eigenvalue weighted by atomic mass is 16.4. The second-order valence-electron chi connectivity index (χ2n) is 4.75. The van der Waals surface area contributed by atoms with Crippen LogP contribution in [0.25, 0.3) is 0 Å². The first kappa shape index (κ1) is 14.0. The number of aromatic nitrogens is 2. The van der Waals surface area contributed by atoms with Crippen LogP contribution in [0.3, 0.4) is 0 Å². The molecule has 2 heterocycles. The fraction of sp³-hybridized carbons (Fsp3) is 0.500. The Balaban J connectivity index is 2.27. The standard InChI is InChI=1S/C12H15N3O5/c16-9-6-8(13-12(20)14-9)11(19)15-4-2-1-3-7(15)5-10(17)18/h6-7H,1-5H2,(H,17,18)(H2,13,14,16,20)/t7-/m1/s1. The van der Waals surface area contributed by atoms with Crippen molar-refractivity contribution < 1.29 is 14.7 Å². The predicted molar refractivity (Wildman–Crippen MR) is 68.6 cm³/mol. The number of carboxylic acid groups (broad SMARTS) is 1. The van der Waals surface area contributed by atoms with Crippen molar-refractivity contribution in [1.29, 1.82) is 0 Å². The van der Waals surface area contributed by atoms with E-state index in [1.807, 2.05) is 4.98 Å². The summed E-state index contributed by atoms with van der Waals surface area (Å²) in [6.07, 6.45) is 2.09. The Labute approximate surface area is 113 Å². The Hall–Kier alpha value is -2.38. The van der Waals surface area contributed by atoms with E-state index >= 15 is 0 Å². The van der Waals surface area contributed by atoms with E-state index in [1.54, 1.807) is 0 Å². The number of carbonyl (C=O) groups is 2. The zero-order valence-electron chi connectivity index (χ0n) is 10.7. The molecule has 1 amide bonds. The van der Waals surface area contributed by atoms with Crippen LogP contribution in [0.1, 0.15) is 36.2 Å². The SMILES string of the molecule is O=C(O)C[C@H]1CCCCN1C(=O)c1cc(=O)[nH]c(=O)[nH]1. The van der Waals surface area contributed by atoms with Gasteiger partial charge in [0.15, 0.2) is 0 Å². The summed E-state index contributed by atoms with van der Waals surface area (Å²) in [5.74, 6) is -1.49. The second-order valence-corrected chi connectivity index (χ2v) is 4.75. The lowest BCUT2D eigenvalue weighted by atomic mass is 9.99. The molecule has 1 atom stereocenters.